The summed E-state index contributed by atoms with van der Waals surface area (Å²) in [5.74, 6) is -0.541. The van der Waals surface area contributed by atoms with Gasteiger partial charge in [0.25, 0.3) is 5.91 Å². The van der Waals surface area contributed by atoms with Gasteiger partial charge in [0, 0.05) is 24.0 Å². The lowest BCUT2D eigenvalue weighted by Gasteiger charge is -2.20. The van der Waals surface area contributed by atoms with E-state index in [1.54, 1.807) is 12.1 Å². The largest absolute Gasteiger partial charge is 0.856 e. The van der Waals surface area contributed by atoms with Crippen molar-refractivity contribution >= 4 is 17.5 Å². The second kappa shape index (κ2) is 7.12. The fraction of sp³-hybridized carbons (Fsp3) is 0.286. The Morgan fingerprint density at radius 2 is 1.62 bits per heavy atom. The van der Waals surface area contributed by atoms with Crippen LogP contribution in [0.3, 0.4) is 0 Å². The van der Waals surface area contributed by atoms with Crippen molar-refractivity contribution in [1.29, 1.82) is 0 Å². The van der Waals surface area contributed by atoms with E-state index in [1.807, 2.05) is 53.2 Å². The first-order chi connectivity index (χ1) is 12.7. The van der Waals surface area contributed by atoms with Gasteiger partial charge in [-0.3, -0.25) is 4.79 Å². The molecule has 1 heterocycles. The minimum absolute atomic E-state index is 0.252. The molecular weight excluding hydrogens is 326 g/mol. The van der Waals surface area contributed by atoms with Gasteiger partial charge < -0.3 is 10.4 Å². The normalized spacial score (nSPS) is 22.4. The quantitative estimate of drug-likeness (QED) is 0.865. The molecule has 0 radical (unpaired) electrons. The SMILES string of the molecule is O=C(N[C@@H]1C([O-])=N[N+](=C2CCCC2)[C@H]1c1ccccc1)c1ccccc1. The number of carbonyl (C=O) groups is 1. The van der Waals surface area contributed by atoms with E-state index in [-0.39, 0.29) is 17.8 Å². The van der Waals surface area contributed by atoms with Crippen molar-refractivity contribution in [3.05, 3.63) is 71.8 Å². The van der Waals surface area contributed by atoms with Crippen LogP contribution < -0.4 is 10.4 Å². The Balaban J connectivity index is 1.69. The van der Waals surface area contributed by atoms with Gasteiger partial charge in [-0.05, 0) is 30.1 Å². The second-order valence-corrected chi connectivity index (χ2v) is 6.73. The molecule has 2 aromatic rings. The van der Waals surface area contributed by atoms with Crippen LogP contribution in [0.5, 0.6) is 0 Å². The Labute approximate surface area is 152 Å². The minimum Gasteiger partial charge on any atom is -0.856 e. The van der Waals surface area contributed by atoms with Crippen LogP contribution in [0.1, 0.15) is 47.6 Å². The summed E-state index contributed by atoms with van der Waals surface area (Å²) in [6.07, 6.45) is 4.16. The van der Waals surface area contributed by atoms with E-state index in [0.29, 0.717) is 5.56 Å². The summed E-state index contributed by atoms with van der Waals surface area (Å²) in [5, 5.41) is 19.9. The molecule has 5 heteroatoms. The molecular formula is C21H21N3O2. The lowest BCUT2D eigenvalue weighted by atomic mass is 9.99. The fourth-order valence-electron chi connectivity index (χ4n) is 3.73. The maximum atomic E-state index is 12.7. The smallest absolute Gasteiger partial charge is 0.252 e. The van der Waals surface area contributed by atoms with Crippen LogP contribution in [-0.2, 0) is 0 Å². The first-order valence-corrected chi connectivity index (χ1v) is 9.04. The zero-order valence-corrected chi connectivity index (χ0v) is 14.5. The van der Waals surface area contributed by atoms with Gasteiger partial charge in [-0.25, -0.2) is 0 Å². The van der Waals surface area contributed by atoms with Gasteiger partial charge in [0.15, 0.2) is 5.71 Å². The molecule has 1 N–H and O–H groups in total. The van der Waals surface area contributed by atoms with Gasteiger partial charge in [0.2, 0.25) is 6.04 Å². The van der Waals surface area contributed by atoms with E-state index in [4.69, 9.17) is 0 Å². The minimum atomic E-state index is -0.682. The van der Waals surface area contributed by atoms with Crippen LogP contribution in [0.2, 0.25) is 0 Å². The summed E-state index contributed by atoms with van der Waals surface area (Å²) in [6, 6.07) is 17.8. The van der Waals surface area contributed by atoms with Crippen molar-refractivity contribution in [2.75, 3.05) is 0 Å². The molecule has 0 bridgehead atoms. The van der Waals surface area contributed by atoms with Crippen LogP contribution in [-0.4, -0.2) is 28.2 Å². The lowest BCUT2D eigenvalue weighted by Crippen LogP contribution is -2.47. The molecule has 4 rings (SSSR count). The maximum absolute atomic E-state index is 12.7. The standard InChI is InChI=1S/C21H21N3O2/c25-20(16-11-5-2-6-12-16)22-18-19(15-9-3-1-4-10-15)24(23-21(18)26)17-13-7-8-14-17/h1-6,9-12,18-19H,7-8,13-14H2,(H-,22,23,25,26)/t18-,19-/m0/s1. The lowest BCUT2D eigenvalue weighted by molar-refractivity contribution is -0.571. The number of rotatable bonds is 3. The van der Waals surface area contributed by atoms with Gasteiger partial charge in [-0.1, -0.05) is 53.2 Å². The Morgan fingerprint density at radius 1 is 1.00 bits per heavy atom. The summed E-state index contributed by atoms with van der Waals surface area (Å²) < 4.78 is 1.86. The van der Waals surface area contributed by atoms with Gasteiger partial charge in [0.1, 0.15) is 6.04 Å². The molecule has 0 aromatic heterocycles. The average Bonchev–Trinajstić information content (AvgIpc) is 3.32. The highest BCUT2D eigenvalue weighted by atomic mass is 16.3. The van der Waals surface area contributed by atoms with E-state index in [9.17, 15) is 9.90 Å². The van der Waals surface area contributed by atoms with Crippen molar-refractivity contribution < 1.29 is 14.6 Å². The van der Waals surface area contributed by atoms with Crippen LogP contribution in [0.25, 0.3) is 0 Å². The number of carbonyl (C=O) groups excluding carboxylic acids is 1. The van der Waals surface area contributed by atoms with E-state index >= 15 is 0 Å². The number of hydrogen-bond acceptors (Lipinski definition) is 3. The number of hydrogen-bond donors (Lipinski definition) is 1. The number of nitrogens with one attached hydrogen (secondary N) is 1. The summed E-state index contributed by atoms with van der Waals surface area (Å²) in [4.78, 5) is 12.6. The predicted molar refractivity (Wildman–Crippen MR) is 98.0 cm³/mol. The van der Waals surface area contributed by atoms with Crippen molar-refractivity contribution in [3.63, 3.8) is 0 Å². The second-order valence-electron chi connectivity index (χ2n) is 6.73. The summed E-state index contributed by atoms with van der Waals surface area (Å²) in [7, 11) is 0. The molecule has 5 nitrogen and oxygen atoms in total. The van der Waals surface area contributed by atoms with Gasteiger partial charge >= 0.3 is 0 Å². The molecule has 0 saturated heterocycles. The highest BCUT2D eigenvalue weighted by Crippen LogP contribution is 2.29. The third-order valence-electron chi connectivity index (χ3n) is 5.02. The molecule has 1 saturated carbocycles. The average molecular weight is 347 g/mol. The summed E-state index contributed by atoms with van der Waals surface area (Å²) >= 11 is 0. The van der Waals surface area contributed by atoms with Crippen molar-refractivity contribution in [3.8, 4) is 0 Å². The fourth-order valence-corrected chi connectivity index (χ4v) is 3.73. The summed E-state index contributed by atoms with van der Waals surface area (Å²) in [5.41, 5.74) is 2.71. The predicted octanol–water partition coefficient (Wildman–Crippen LogP) is 2.24. The molecule has 2 aromatic carbocycles. The molecule has 1 aliphatic heterocycles. The molecule has 1 amide bonds. The van der Waals surface area contributed by atoms with E-state index in [1.165, 1.54) is 5.71 Å². The Morgan fingerprint density at radius 3 is 2.27 bits per heavy atom. The van der Waals surface area contributed by atoms with Crippen LogP contribution >= 0.6 is 0 Å². The van der Waals surface area contributed by atoms with E-state index < -0.39 is 6.04 Å². The maximum Gasteiger partial charge on any atom is 0.252 e. The molecule has 0 spiro atoms. The number of benzene rings is 2. The summed E-state index contributed by atoms with van der Waals surface area (Å²) in [6.45, 7) is 0. The zero-order valence-electron chi connectivity index (χ0n) is 14.5. The Kier molecular flexibility index (Phi) is 4.52. The van der Waals surface area contributed by atoms with E-state index in [2.05, 4.69) is 10.4 Å². The Bertz CT molecular complexity index is 851. The first-order valence-electron chi connectivity index (χ1n) is 9.04. The van der Waals surface area contributed by atoms with Gasteiger partial charge in [-0.15, -0.1) is 0 Å². The van der Waals surface area contributed by atoms with Crippen molar-refractivity contribution in [2.24, 2.45) is 5.10 Å². The van der Waals surface area contributed by atoms with Gasteiger partial charge in [-0.2, -0.15) is 0 Å². The number of amides is 1. The van der Waals surface area contributed by atoms with Crippen LogP contribution in [0.4, 0.5) is 0 Å². The molecule has 26 heavy (non-hydrogen) atoms. The molecule has 1 aliphatic carbocycles. The monoisotopic (exact) mass is 347 g/mol. The van der Waals surface area contributed by atoms with Crippen LogP contribution in [0, 0.1) is 0 Å². The number of nitrogens with zero attached hydrogens (tertiary/aromatic N) is 2. The molecule has 2 atom stereocenters. The van der Waals surface area contributed by atoms with Gasteiger partial charge in [0.05, 0.1) is 5.90 Å². The third-order valence-corrected chi connectivity index (χ3v) is 5.02. The third kappa shape index (κ3) is 3.12. The molecule has 0 unspecified atom stereocenters. The highest BCUT2D eigenvalue weighted by molar-refractivity contribution is 5.97. The molecule has 2 aliphatic rings. The zero-order chi connectivity index (χ0) is 17.9. The van der Waals surface area contributed by atoms with Crippen molar-refractivity contribution in [1.82, 2.24) is 5.32 Å². The Hall–Kier alpha value is -2.95. The number of hydrazone groups is 1. The highest BCUT2D eigenvalue weighted by Gasteiger charge is 2.43. The topological polar surface area (TPSA) is 67.5 Å². The molecule has 132 valence electrons. The van der Waals surface area contributed by atoms with Crippen LogP contribution in [0.15, 0.2) is 65.8 Å². The van der Waals surface area contributed by atoms with Crippen molar-refractivity contribution in [2.45, 2.75) is 37.8 Å². The van der Waals surface area contributed by atoms with E-state index in [0.717, 1.165) is 31.2 Å². The molecule has 1 fully saturated rings. The first kappa shape index (κ1) is 16.5.